The Kier molecular flexibility index (Phi) is 29.6. The topological polar surface area (TPSA) is 294 Å². The van der Waals surface area contributed by atoms with E-state index in [2.05, 4.69) is 62.2 Å². The van der Waals surface area contributed by atoms with Gasteiger partial charge in [0.25, 0.3) is 23.0 Å². The molecule has 0 saturated carbocycles. The van der Waals surface area contributed by atoms with E-state index >= 15 is 0 Å². The molecule has 87 heavy (non-hydrogen) atoms. The number of esters is 2. The van der Waals surface area contributed by atoms with Crippen LogP contribution in [0, 0.1) is 10.8 Å². The number of carbonyl (C=O) groups excluding carboxylic acids is 6. The monoisotopic (exact) mass is 1290 g/mol. The number of fused-ring (bicyclic) bond motifs is 2. The predicted octanol–water partition coefficient (Wildman–Crippen LogP) is 11.3. The fraction of sp³-hybridized carbons (Fsp3) is 0.311. The molecule has 0 radical (unpaired) electrons. The molecule has 0 fully saturated rings. The number of rotatable bonds is 23. The second kappa shape index (κ2) is 36.1. The first-order valence-corrected chi connectivity index (χ1v) is 30.1. The van der Waals surface area contributed by atoms with Gasteiger partial charge in [-0.2, -0.15) is 0 Å². The van der Waals surface area contributed by atoms with E-state index in [9.17, 15) is 28.8 Å². The van der Waals surface area contributed by atoms with Crippen molar-refractivity contribution in [2.75, 3.05) is 56.6 Å². The molecule has 4 aromatic carbocycles. The Balaban J connectivity index is 0.000000298. The third-order valence-electron chi connectivity index (χ3n) is 12.7. The molecule has 21 nitrogen and oxygen atoms in total. The molecule has 0 bridgehead atoms. The average Bonchev–Trinajstić information content (AvgIpc) is 1.86. The molecule has 0 aliphatic rings. The van der Waals surface area contributed by atoms with Gasteiger partial charge in [-0.15, -0.1) is 22.7 Å². The minimum atomic E-state index is -0.452. The summed E-state index contributed by atoms with van der Waals surface area (Å²) in [5.74, 6) is -0.0116. The summed E-state index contributed by atoms with van der Waals surface area (Å²) in [6.07, 6.45) is 0.247. The third kappa shape index (κ3) is 22.2. The van der Waals surface area contributed by atoms with Crippen LogP contribution >= 0.6 is 57.5 Å². The molecule has 8 aromatic rings. The van der Waals surface area contributed by atoms with Crippen LogP contribution in [0.4, 0.5) is 11.4 Å². The molecule has 8 rings (SSSR count). The van der Waals surface area contributed by atoms with Crippen LogP contribution in [-0.2, 0) is 46.2 Å². The normalized spacial score (nSPS) is 10.4. The quantitative estimate of drug-likeness (QED) is 0.0128. The van der Waals surface area contributed by atoms with Gasteiger partial charge in [0.05, 0.1) is 79.6 Å². The Bertz CT molecular complexity index is 3610. The lowest BCUT2D eigenvalue weighted by Crippen LogP contribution is -2.29. The van der Waals surface area contributed by atoms with Crippen molar-refractivity contribution < 1.29 is 38.2 Å². The van der Waals surface area contributed by atoms with E-state index in [1.54, 1.807) is 86.6 Å². The Morgan fingerprint density at radius 1 is 0.575 bits per heavy atom. The Hall–Kier alpha value is -8.19. The number of imidazole rings is 2. The number of ether oxygens (including phenoxy) is 2. The number of aryl methyl sites for hydroxylation is 2. The summed E-state index contributed by atoms with van der Waals surface area (Å²) in [4.78, 5) is 82.9. The Morgan fingerprint density at radius 2 is 0.977 bits per heavy atom. The zero-order chi connectivity index (χ0) is 62.9. The number of aromatic nitrogens is 4. The maximum atomic E-state index is 12.5. The molecule has 464 valence electrons. The molecule has 0 saturated heterocycles. The highest BCUT2D eigenvalue weighted by molar-refractivity contribution is 7.19. The number of hydrogen-bond donors (Lipinski definition) is 8. The average molecular weight is 1290 g/mol. The second-order valence-electron chi connectivity index (χ2n) is 18.4. The Labute approximate surface area is 529 Å². The fourth-order valence-corrected chi connectivity index (χ4v) is 9.98. The first-order valence-electron chi connectivity index (χ1n) is 27.3. The number of benzene rings is 4. The summed E-state index contributed by atoms with van der Waals surface area (Å²) in [6, 6.07) is 31.5. The van der Waals surface area contributed by atoms with Crippen molar-refractivity contribution in [2.24, 2.45) is 19.8 Å². The van der Waals surface area contributed by atoms with Gasteiger partial charge in [-0.3, -0.25) is 39.6 Å². The molecule has 0 spiro atoms. The van der Waals surface area contributed by atoms with Gasteiger partial charge in [-0.05, 0) is 154 Å². The van der Waals surface area contributed by atoms with E-state index < -0.39 is 5.24 Å². The lowest BCUT2D eigenvalue weighted by molar-refractivity contribution is -0.143. The maximum Gasteiger partial charge on any atom is 0.307 e. The summed E-state index contributed by atoms with van der Waals surface area (Å²) in [5.41, 5.74) is 12.5. The SMILES string of the molecule is C.CCN(CC)CC.CCOC(=O)CCNC(=O)c1ccc2c(c1)nc(CNc1ccc(C(=N)N)cc1)n2C.CCOC(=O)CCNC(=O)c1ccc2c(c1)nc(CNc1ccc(C(=N)NC(=O)c3ccc(Cl)s3)cc1)n2C.O=C(Cl)c1ccc(Cl)s1. The number of amidine groups is 2. The smallest absolute Gasteiger partial charge is 0.307 e. The highest BCUT2D eigenvalue weighted by atomic mass is 35.5. The molecule has 0 aliphatic heterocycles. The number of carbonyl (C=O) groups is 6. The van der Waals surface area contributed by atoms with E-state index in [-0.39, 0.29) is 74.7 Å². The lowest BCUT2D eigenvalue weighted by atomic mass is 10.2. The second-order valence-corrected chi connectivity index (χ2v) is 22.2. The zero-order valence-electron chi connectivity index (χ0n) is 48.7. The minimum Gasteiger partial charge on any atom is -0.466 e. The molecule has 9 N–H and O–H groups in total. The molecule has 4 aromatic heterocycles. The standard InChI is InChI=1S/C27H27ClN6O4S.C22H26N6O3.C6H15N.C5H2Cl2OS.CH4/c1-3-38-24(35)12-13-30-26(36)17-6-9-20-19(14-17)32-23(34(20)2)15-31-18-7-4-16(5-8-18)25(29)33-27(37)21-10-11-22(28)39-21;1-3-31-20(29)10-11-25-22(30)15-6-9-18-17(12-15)27-19(28(18)2)13-26-16-7-4-14(5-8-16)21(23)24;1-4-7(5-2)6-3;6-4-2-1-3(9-4)5(7)8;/h4-11,14,31H,3,12-13,15H2,1-2H3,(H,30,36)(H2,29,33,37);4-9,12,26H,3,10-11,13H2,1-2H3,(H3,23,24)(H,25,30);4-6H2,1-3H3;1-2H;1H4. The summed E-state index contributed by atoms with van der Waals surface area (Å²) in [5, 5.41) is 29.8. The van der Waals surface area contributed by atoms with Crippen LogP contribution < -0.4 is 32.3 Å². The van der Waals surface area contributed by atoms with Gasteiger partial charge < -0.3 is 55.8 Å². The Morgan fingerprint density at radius 3 is 1.32 bits per heavy atom. The van der Waals surface area contributed by atoms with Gasteiger partial charge in [-0.25, -0.2) is 9.97 Å². The third-order valence-corrected chi connectivity index (χ3v) is 15.5. The first kappa shape index (κ1) is 71.3. The van der Waals surface area contributed by atoms with Crippen molar-refractivity contribution >= 4 is 137 Å². The lowest BCUT2D eigenvalue weighted by Gasteiger charge is -2.13. The van der Waals surface area contributed by atoms with Gasteiger partial charge >= 0.3 is 11.9 Å². The summed E-state index contributed by atoms with van der Waals surface area (Å²) >= 11 is 18.9. The highest BCUT2D eigenvalue weighted by Gasteiger charge is 2.16. The van der Waals surface area contributed by atoms with Crippen LogP contribution in [0.1, 0.15) is 118 Å². The number of halogens is 3. The van der Waals surface area contributed by atoms with E-state index in [4.69, 9.17) is 60.8 Å². The van der Waals surface area contributed by atoms with E-state index in [0.29, 0.717) is 78.0 Å². The van der Waals surface area contributed by atoms with Crippen molar-refractivity contribution in [1.82, 2.24) is 40.0 Å². The van der Waals surface area contributed by atoms with Gasteiger partial charge in [0.2, 0.25) is 0 Å². The number of nitrogens with zero attached hydrogens (tertiary/aromatic N) is 5. The van der Waals surface area contributed by atoms with Crippen molar-refractivity contribution in [1.29, 1.82) is 10.8 Å². The number of hydrogen-bond acceptors (Lipinski definition) is 17. The minimum absolute atomic E-state index is 0. The summed E-state index contributed by atoms with van der Waals surface area (Å²) < 4.78 is 14.7. The van der Waals surface area contributed by atoms with Gasteiger partial charge in [0.1, 0.15) is 23.3 Å². The van der Waals surface area contributed by atoms with Crippen LogP contribution in [0.3, 0.4) is 0 Å². The van der Waals surface area contributed by atoms with E-state index in [0.717, 1.165) is 45.4 Å². The summed E-state index contributed by atoms with van der Waals surface area (Å²) in [6.45, 7) is 15.6. The van der Waals surface area contributed by atoms with Crippen molar-refractivity contribution in [3.05, 3.63) is 162 Å². The zero-order valence-corrected chi connectivity index (χ0v) is 52.6. The molecule has 0 unspecified atom stereocenters. The number of nitrogens with one attached hydrogen (secondary N) is 7. The van der Waals surface area contributed by atoms with Gasteiger partial charge in [-0.1, -0.05) is 51.4 Å². The molecule has 0 atom stereocenters. The number of nitrogens with two attached hydrogens (primary N) is 1. The largest absolute Gasteiger partial charge is 0.466 e. The maximum absolute atomic E-state index is 12.5. The van der Waals surface area contributed by atoms with Crippen LogP contribution in [0.2, 0.25) is 8.67 Å². The summed E-state index contributed by atoms with van der Waals surface area (Å²) in [7, 11) is 3.82. The van der Waals surface area contributed by atoms with Crippen LogP contribution in [0.5, 0.6) is 0 Å². The number of thiophene rings is 2. The molecular weight excluding hydrogens is 1210 g/mol. The molecule has 3 amide bonds. The van der Waals surface area contributed by atoms with Gasteiger partial charge in [0, 0.05) is 60.8 Å². The molecular formula is C61H74Cl3N13O8S2. The van der Waals surface area contributed by atoms with Gasteiger partial charge in [0.15, 0.2) is 0 Å². The van der Waals surface area contributed by atoms with Crippen LogP contribution in [-0.4, -0.2) is 117 Å². The van der Waals surface area contributed by atoms with Crippen molar-refractivity contribution in [2.45, 2.75) is 68.0 Å². The van der Waals surface area contributed by atoms with Crippen molar-refractivity contribution in [3.8, 4) is 0 Å². The first-order chi connectivity index (χ1) is 41.2. The number of anilines is 2. The number of amides is 3. The fourth-order valence-electron chi connectivity index (χ4n) is 7.98. The van der Waals surface area contributed by atoms with E-state index in [1.807, 2.05) is 59.6 Å². The molecule has 26 heteroatoms. The van der Waals surface area contributed by atoms with Crippen LogP contribution in [0.15, 0.2) is 109 Å². The van der Waals surface area contributed by atoms with Crippen LogP contribution in [0.25, 0.3) is 22.1 Å². The molecule has 0 aliphatic carbocycles. The van der Waals surface area contributed by atoms with Crippen molar-refractivity contribution in [3.63, 3.8) is 0 Å². The predicted molar refractivity (Wildman–Crippen MR) is 350 cm³/mol. The van der Waals surface area contributed by atoms with E-state index in [1.165, 1.54) is 31.0 Å². The highest BCUT2D eigenvalue weighted by Crippen LogP contribution is 2.24. The number of nitrogen functional groups attached to an aromatic ring is 1. The molecule has 4 heterocycles.